The third kappa shape index (κ3) is 5.06. The van der Waals surface area contributed by atoms with Gasteiger partial charge in [-0.05, 0) is 146 Å². The van der Waals surface area contributed by atoms with Crippen molar-refractivity contribution in [3.05, 3.63) is 205 Å². The number of benzene rings is 10. The van der Waals surface area contributed by atoms with Crippen LogP contribution in [-0.2, 0) is 5.41 Å². The minimum atomic E-state index is -0.0826. The molecule has 55 heavy (non-hydrogen) atoms. The van der Waals surface area contributed by atoms with Crippen LogP contribution in [0.15, 0.2) is 194 Å². The molecule has 0 N–H and O–H groups in total. The molecule has 0 heterocycles. The van der Waals surface area contributed by atoms with Crippen LogP contribution in [0, 0.1) is 0 Å². The minimum absolute atomic E-state index is 0.0826. The third-order valence-corrected chi connectivity index (χ3v) is 12.2. The molecule has 11 rings (SSSR count). The molecule has 0 saturated carbocycles. The fraction of sp³-hybridized carbons (Fsp3) is 0.0545. The van der Waals surface area contributed by atoms with Crippen LogP contribution in [-0.4, -0.2) is 0 Å². The van der Waals surface area contributed by atoms with Crippen molar-refractivity contribution >= 4 is 43.1 Å². The van der Waals surface area contributed by atoms with E-state index in [9.17, 15) is 0 Å². The monoisotopic (exact) mass is 698 g/mol. The molecule has 0 nitrogen and oxygen atoms in total. The molecule has 0 heteroatoms. The summed E-state index contributed by atoms with van der Waals surface area (Å²) < 4.78 is 0. The molecular formula is C55H38. The fourth-order valence-electron chi connectivity index (χ4n) is 9.30. The van der Waals surface area contributed by atoms with E-state index in [0.717, 1.165) is 0 Å². The smallest absolute Gasteiger partial charge is 0.0159 e. The normalized spacial score (nSPS) is 13.1. The van der Waals surface area contributed by atoms with E-state index >= 15 is 0 Å². The maximum Gasteiger partial charge on any atom is 0.0159 e. The van der Waals surface area contributed by atoms with E-state index < -0.39 is 0 Å². The molecule has 0 spiro atoms. The Bertz CT molecular complexity index is 3130. The molecule has 0 bridgehead atoms. The molecule has 0 fully saturated rings. The van der Waals surface area contributed by atoms with Crippen LogP contribution in [0.4, 0.5) is 0 Å². The quantitative estimate of drug-likeness (QED) is 0.161. The average Bonchev–Trinajstić information content (AvgIpc) is 3.48. The highest BCUT2D eigenvalue weighted by Crippen LogP contribution is 2.51. The summed E-state index contributed by atoms with van der Waals surface area (Å²) in [6.45, 7) is 4.74. The first-order chi connectivity index (χ1) is 27.0. The molecular weight excluding hydrogens is 661 g/mol. The van der Waals surface area contributed by atoms with Crippen molar-refractivity contribution in [1.29, 1.82) is 0 Å². The van der Waals surface area contributed by atoms with Crippen molar-refractivity contribution in [2.75, 3.05) is 0 Å². The van der Waals surface area contributed by atoms with Gasteiger partial charge in [-0.3, -0.25) is 0 Å². The number of fused-ring (bicyclic) bond motifs is 10. The molecule has 258 valence electrons. The molecule has 0 saturated heterocycles. The molecule has 1 aliphatic carbocycles. The zero-order valence-corrected chi connectivity index (χ0v) is 31.0. The van der Waals surface area contributed by atoms with Gasteiger partial charge >= 0.3 is 0 Å². The van der Waals surface area contributed by atoms with E-state index in [1.807, 2.05) is 0 Å². The van der Waals surface area contributed by atoms with Gasteiger partial charge in [0, 0.05) is 5.41 Å². The van der Waals surface area contributed by atoms with Crippen molar-refractivity contribution in [1.82, 2.24) is 0 Å². The van der Waals surface area contributed by atoms with Gasteiger partial charge in [-0.1, -0.05) is 172 Å². The van der Waals surface area contributed by atoms with Crippen molar-refractivity contribution in [2.45, 2.75) is 19.3 Å². The highest BCUT2D eigenvalue weighted by molar-refractivity contribution is 6.25. The molecule has 10 aromatic rings. The summed E-state index contributed by atoms with van der Waals surface area (Å²) in [5.41, 5.74) is 15.4. The summed E-state index contributed by atoms with van der Waals surface area (Å²) in [6.07, 6.45) is 0. The summed E-state index contributed by atoms with van der Waals surface area (Å²) in [7, 11) is 0. The first-order valence-electron chi connectivity index (χ1n) is 19.3. The van der Waals surface area contributed by atoms with Gasteiger partial charge in [-0.2, -0.15) is 0 Å². The molecule has 0 radical (unpaired) electrons. The van der Waals surface area contributed by atoms with Crippen LogP contribution in [0.5, 0.6) is 0 Å². The van der Waals surface area contributed by atoms with Crippen LogP contribution < -0.4 is 0 Å². The van der Waals surface area contributed by atoms with E-state index in [4.69, 9.17) is 0 Å². The highest BCUT2D eigenvalue weighted by atomic mass is 14.4. The fourth-order valence-corrected chi connectivity index (χ4v) is 9.30. The lowest BCUT2D eigenvalue weighted by Gasteiger charge is -2.22. The predicted octanol–water partition coefficient (Wildman–Crippen LogP) is 15.3. The van der Waals surface area contributed by atoms with Crippen LogP contribution in [0.1, 0.15) is 25.0 Å². The van der Waals surface area contributed by atoms with E-state index in [-0.39, 0.29) is 5.41 Å². The highest BCUT2D eigenvalue weighted by Gasteiger charge is 2.35. The molecule has 10 aromatic carbocycles. The Labute approximate surface area is 322 Å². The third-order valence-electron chi connectivity index (χ3n) is 12.2. The molecule has 0 unspecified atom stereocenters. The van der Waals surface area contributed by atoms with Gasteiger partial charge in [-0.15, -0.1) is 0 Å². The second-order valence-corrected chi connectivity index (χ2v) is 15.7. The van der Waals surface area contributed by atoms with E-state index in [1.165, 1.54) is 110 Å². The summed E-state index contributed by atoms with van der Waals surface area (Å²) >= 11 is 0. The standard InChI is InChI=1S/C55H38/c1-55(2)53-33-43(35-11-4-3-5-12-35)24-27-50(53)51-28-25-44(34-54(51)55)41-22-21-39-30-38(19-20-40(39)31-41)36-13-10-14-37(29-36)42-23-26-49-47-17-7-6-15-45(47)46-16-8-9-18-48(46)52(49)32-42/h3-34H,1-2H3. The topological polar surface area (TPSA) is 0 Å². The Morgan fingerprint density at radius 2 is 0.636 bits per heavy atom. The van der Waals surface area contributed by atoms with Gasteiger partial charge in [0.1, 0.15) is 0 Å². The summed E-state index contributed by atoms with van der Waals surface area (Å²) in [5.74, 6) is 0. The lowest BCUT2D eigenvalue weighted by molar-refractivity contribution is 0.661. The zero-order chi connectivity index (χ0) is 36.7. The average molecular weight is 699 g/mol. The van der Waals surface area contributed by atoms with E-state index in [0.29, 0.717) is 0 Å². The summed E-state index contributed by atoms with van der Waals surface area (Å²) in [5, 5.41) is 10.3. The lowest BCUT2D eigenvalue weighted by atomic mass is 9.81. The van der Waals surface area contributed by atoms with Gasteiger partial charge in [0.25, 0.3) is 0 Å². The Morgan fingerprint density at radius 3 is 1.20 bits per heavy atom. The SMILES string of the molecule is CC1(C)c2cc(-c3ccccc3)ccc2-c2ccc(-c3ccc4cc(-c5cccc(-c6ccc7c8ccccc8c8ccccc8c7c6)c5)ccc4c3)cc21. The van der Waals surface area contributed by atoms with Crippen LogP contribution in [0.25, 0.3) is 98.7 Å². The first-order valence-corrected chi connectivity index (χ1v) is 19.3. The largest absolute Gasteiger partial charge is 0.0622 e. The Hall–Kier alpha value is -6.76. The number of hydrogen-bond acceptors (Lipinski definition) is 0. The Morgan fingerprint density at radius 1 is 0.255 bits per heavy atom. The van der Waals surface area contributed by atoms with Crippen molar-refractivity contribution < 1.29 is 0 Å². The van der Waals surface area contributed by atoms with Gasteiger partial charge in [0.2, 0.25) is 0 Å². The maximum atomic E-state index is 2.43. The first kappa shape index (κ1) is 31.7. The molecule has 1 aliphatic rings. The second kappa shape index (κ2) is 12.1. The van der Waals surface area contributed by atoms with Crippen molar-refractivity contribution in [3.8, 4) is 55.6 Å². The molecule has 0 aromatic heterocycles. The van der Waals surface area contributed by atoms with Crippen molar-refractivity contribution in [3.63, 3.8) is 0 Å². The Balaban J connectivity index is 0.918. The maximum absolute atomic E-state index is 2.43. The van der Waals surface area contributed by atoms with Crippen LogP contribution in [0.3, 0.4) is 0 Å². The molecule has 0 atom stereocenters. The lowest BCUT2D eigenvalue weighted by Crippen LogP contribution is -2.15. The van der Waals surface area contributed by atoms with Gasteiger partial charge in [0.15, 0.2) is 0 Å². The van der Waals surface area contributed by atoms with E-state index in [1.54, 1.807) is 0 Å². The molecule has 0 amide bonds. The zero-order valence-electron chi connectivity index (χ0n) is 31.0. The van der Waals surface area contributed by atoms with Gasteiger partial charge in [0.05, 0.1) is 0 Å². The van der Waals surface area contributed by atoms with Crippen LogP contribution >= 0.6 is 0 Å². The molecule has 0 aliphatic heterocycles. The second-order valence-electron chi connectivity index (χ2n) is 15.7. The van der Waals surface area contributed by atoms with E-state index in [2.05, 4.69) is 208 Å². The predicted molar refractivity (Wildman–Crippen MR) is 236 cm³/mol. The van der Waals surface area contributed by atoms with Crippen molar-refractivity contribution in [2.24, 2.45) is 0 Å². The minimum Gasteiger partial charge on any atom is -0.0622 e. The summed E-state index contributed by atoms with van der Waals surface area (Å²) in [4.78, 5) is 0. The Kier molecular flexibility index (Phi) is 7.00. The van der Waals surface area contributed by atoms with Crippen LogP contribution in [0.2, 0.25) is 0 Å². The van der Waals surface area contributed by atoms with Gasteiger partial charge in [-0.25, -0.2) is 0 Å². The number of rotatable bonds is 4. The summed E-state index contributed by atoms with van der Waals surface area (Å²) in [6, 6.07) is 72.1. The number of hydrogen-bond donors (Lipinski definition) is 0. The van der Waals surface area contributed by atoms with Gasteiger partial charge < -0.3 is 0 Å².